The van der Waals surface area contributed by atoms with E-state index in [1.807, 2.05) is 29.2 Å². The van der Waals surface area contributed by atoms with Crippen LogP contribution in [0.4, 0.5) is 5.82 Å². The molecule has 1 aromatic heterocycles. The Kier molecular flexibility index (Phi) is 5.10. The fraction of sp³-hybridized carbons (Fsp3) is 0.318. The summed E-state index contributed by atoms with van der Waals surface area (Å²) in [5.41, 5.74) is 1.05. The number of carbonyl (C=O) groups is 2. The van der Waals surface area contributed by atoms with Crippen molar-refractivity contribution in [1.82, 2.24) is 10.1 Å². The van der Waals surface area contributed by atoms with Gasteiger partial charge in [-0.3, -0.25) is 9.59 Å². The Labute approximate surface area is 163 Å². The first-order valence-corrected chi connectivity index (χ1v) is 9.59. The topological polar surface area (TPSA) is 75.4 Å². The van der Waals surface area contributed by atoms with E-state index in [9.17, 15) is 9.59 Å². The molecule has 0 bridgehead atoms. The number of likely N-dealkylation sites (tertiary alicyclic amines) is 1. The van der Waals surface area contributed by atoms with Crippen LogP contribution in [0.1, 0.15) is 24.2 Å². The summed E-state index contributed by atoms with van der Waals surface area (Å²) in [5.74, 6) is 1.04. The van der Waals surface area contributed by atoms with Crippen molar-refractivity contribution in [2.75, 3.05) is 18.4 Å². The molecule has 0 aliphatic carbocycles. The first-order valence-electron chi connectivity index (χ1n) is 9.59. The molecule has 0 atom stereocenters. The summed E-state index contributed by atoms with van der Waals surface area (Å²) >= 11 is 0. The van der Waals surface area contributed by atoms with Gasteiger partial charge in [-0.15, -0.1) is 0 Å². The zero-order valence-electron chi connectivity index (χ0n) is 15.9. The number of benzene rings is 2. The molecule has 0 spiro atoms. The van der Waals surface area contributed by atoms with Gasteiger partial charge in [0, 0.05) is 25.1 Å². The molecule has 1 fully saturated rings. The Bertz CT molecular complexity index is 998. The van der Waals surface area contributed by atoms with E-state index in [1.165, 1.54) is 0 Å². The Morgan fingerprint density at radius 2 is 1.89 bits per heavy atom. The van der Waals surface area contributed by atoms with Crippen molar-refractivity contribution < 1.29 is 14.1 Å². The minimum atomic E-state index is -0.112. The molecule has 4 rings (SSSR count). The molecule has 0 unspecified atom stereocenters. The number of nitrogens with one attached hydrogen (secondary N) is 1. The number of fused-ring (bicyclic) bond motifs is 1. The number of hydrogen-bond donors (Lipinski definition) is 1. The SMILES string of the molecule is Cc1cc(NC(=O)C2CCN(C(=O)Cc3cccc4ccccc34)CC2)no1. The van der Waals surface area contributed by atoms with E-state index >= 15 is 0 Å². The molecule has 1 N–H and O–H groups in total. The molecule has 2 aromatic carbocycles. The van der Waals surface area contributed by atoms with Crippen molar-refractivity contribution in [3.63, 3.8) is 0 Å². The van der Waals surface area contributed by atoms with Gasteiger partial charge in [0.2, 0.25) is 11.8 Å². The fourth-order valence-electron chi connectivity index (χ4n) is 3.77. The van der Waals surface area contributed by atoms with Crippen molar-refractivity contribution in [3.05, 3.63) is 59.9 Å². The molecule has 28 heavy (non-hydrogen) atoms. The van der Waals surface area contributed by atoms with Crippen molar-refractivity contribution in [1.29, 1.82) is 0 Å². The molecule has 2 amide bonds. The average Bonchev–Trinajstić information content (AvgIpc) is 3.13. The van der Waals surface area contributed by atoms with Crippen LogP contribution >= 0.6 is 0 Å². The predicted octanol–water partition coefficient (Wildman–Crippen LogP) is 3.56. The third-order valence-electron chi connectivity index (χ3n) is 5.32. The number of nitrogens with zero attached hydrogens (tertiary/aromatic N) is 2. The van der Waals surface area contributed by atoms with Gasteiger partial charge in [0.25, 0.3) is 0 Å². The number of aromatic nitrogens is 1. The number of aryl methyl sites for hydroxylation is 1. The summed E-state index contributed by atoms with van der Waals surface area (Å²) in [7, 11) is 0. The second kappa shape index (κ2) is 7.84. The lowest BCUT2D eigenvalue weighted by atomic mass is 9.95. The number of carbonyl (C=O) groups excluding carboxylic acids is 2. The maximum atomic E-state index is 12.8. The van der Waals surface area contributed by atoms with E-state index in [2.05, 4.69) is 28.7 Å². The van der Waals surface area contributed by atoms with Gasteiger partial charge in [0.1, 0.15) is 5.76 Å². The summed E-state index contributed by atoms with van der Waals surface area (Å²) < 4.78 is 4.97. The van der Waals surface area contributed by atoms with Crippen LogP contribution in [0.15, 0.2) is 53.1 Å². The van der Waals surface area contributed by atoms with Gasteiger partial charge in [0.05, 0.1) is 6.42 Å². The highest BCUT2D eigenvalue weighted by Crippen LogP contribution is 2.23. The molecule has 1 aliphatic heterocycles. The summed E-state index contributed by atoms with van der Waals surface area (Å²) in [6.07, 6.45) is 1.70. The standard InChI is InChI=1S/C22H23N3O3/c1-15-13-20(24-28-15)23-22(27)17-9-11-25(12-10-17)21(26)14-18-7-4-6-16-5-2-3-8-19(16)18/h2-8,13,17H,9-12,14H2,1H3,(H,23,24,27). The number of piperidine rings is 1. The smallest absolute Gasteiger partial charge is 0.228 e. The lowest BCUT2D eigenvalue weighted by molar-refractivity contribution is -0.133. The minimum absolute atomic E-state index is 0.0607. The van der Waals surface area contributed by atoms with Crippen LogP contribution in [0.2, 0.25) is 0 Å². The summed E-state index contributed by atoms with van der Waals surface area (Å²) in [4.78, 5) is 27.0. The van der Waals surface area contributed by atoms with Gasteiger partial charge >= 0.3 is 0 Å². The lowest BCUT2D eigenvalue weighted by Gasteiger charge is -2.31. The van der Waals surface area contributed by atoms with Gasteiger partial charge in [-0.05, 0) is 36.1 Å². The Morgan fingerprint density at radius 3 is 2.64 bits per heavy atom. The van der Waals surface area contributed by atoms with E-state index in [1.54, 1.807) is 13.0 Å². The van der Waals surface area contributed by atoms with Crippen LogP contribution in [0.3, 0.4) is 0 Å². The molecule has 1 aliphatic rings. The van der Waals surface area contributed by atoms with Crippen LogP contribution in [0, 0.1) is 12.8 Å². The normalized spacial score (nSPS) is 15.0. The third-order valence-corrected chi connectivity index (χ3v) is 5.32. The van der Waals surface area contributed by atoms with E-state index in [-0.39, 0.29) is 17.7 Å². The summed E-state index contributed by atoms with van der Waals surface area (Å²) in [5, 5.41) is 8.85. The molecule has 6 nitrogen and oxygen atoms in total. The van der Waals surface area contributed by atoms with Crippen molar-refractivity contribution in [3.8, 4) is 0 Å². The molecule has 0 radical (unpaired) electrons. The number of amides is 2. The lowest BCUT2D eigenvalue weighted by Crippen LogP contribution is -2.42. The van der Waals surface area contributed by atoms with Crippen LogP contribution < -0.4 is 5.32 Å². The molecule has 0 saturated carbocycles. The summed E-state index contributed by atoms with van der Waals surface area (Å²) in [6, 6.07) is 15.9. The van der Waals surface area contributed by atoms with Crippen molar-refractivity contribution in [2.24, 2.45) is 5.92 Å². The molecule has 2 heterocycles. The quantitative estimate of drug-likeness (QED) is 0.754. The largest absolute Gasteiger partial charge is 0.360 e. The monoisotopic (exact) mass is 377 g/mol. The van der Waals surface area contributed by atoms with Gasteiger partial charge in [-0.2, -0.15) is 0 Å². The number of rotatable bonds is 4. The van der Waals surface area contributed by atoms with Gasteiger partial charge in [-0.25, -0.2) is 0 Å². The second-order valence-electron chi connectivity index (χ2n) is 7.28. The average molecular weight is 377 g/mol. The van der Waals surface area contributed by atoms with E-state index in [0.717, 1.165) is 16.3 Å². The zero-order valence-corrected chi connectivity index (χ0v) is 15.9. The maximum absolute atomic E-state index is 12.8. The van der Waals surface area contributed by atoms with Crippen LogP contribution in [0.25, 0.3) is 10.8 Å². The van der Waals surface area contributed by atoms with Crippen molar-refractivity contribution in [2.45, 2.75) is 26.2 Å². The van der Waals surface area contributed by atoms with Gasteiger partial charge in [0.15, 0.2) is 5.82 Å². The number of anilines is 1. The highest BCUT2D eigenvalue weighted by molar-refractivity contribution is 5.92. The van der Waals surface area contributed by atoms with Crippen LogP contribution in [0.5, 0.6) is 0 Å². The van der Waals surface area contributed by atoms with Crippen molar-refractivity contribution >= 4 is 28.4 Å². The first kappa shape index (κ1) is 18.2. The van der Waals surface area contributed by atoms with Crippen LogP contribution in [-0.4, -0.2) is 35.0 Å². The highest BCUT2D eigenvalue weighted by Gasteiger charge is 2.28. The first-order chi connectivity index (χ1) is 13.6. The highest BCUT2D eigenvalue weighted by atomic mass is 16.5. The van der Waals surface area contributed by atoms with Gasteiger partial charge < -0.3 is 14.7 Å². The summed E-state index contributed by atoms with van der Waals surface area (Å²) in [6.45, 7) is 2.97. The molecular weight excluding hydrogens is 354 g/mol. The Balaban J connectivity index is 1.34. The molecular formula is C22H23N3O3. The fourth-order valence-corrected chi connectivity index (χ4v) is 3.77. The molecule has 1 saturated heterocycles. The maximum Gasteiger partial charge on any atom is 0.228 e. The van der Waals surface area contributed by atoms with Gasteiger partial charge in [-0.1, -0.05) is 47.6 Å². The van der Waals surface area contributed by atoms with E-state index in [4.69, 9.17) is 4.52 Å². The van der Waals surface area contributed by atoms with E-state index < -0.39 is 0 Å². The minimum Gasteiger partial charge on any atom is -0.360 e. The Morgan fingerprint density at radius 1 is 1.14 bits per heavy atom. The molecule has 6 heteroatoms. The zero-order chi connectivity index (χ0) is 19.5. The van der Waals surface area contributed by atoms with Crippen LogP contribution in [-0.2, 0) is 16.0 Å². The Hall–Kier alpha value is -3.15. The third kappa shape index (κ3) is 3.91. The van der Waals surface area contributed by atoms with E-state index in [0.29, 0.717) is 43.9 Å². The predicted molar refractivity (Wildman–Crippen MR) is 107 cm³/mol. The molecule has 144 valence electrons. The number of hydrogen-bond acceptors (Lipinski definition) is 4. The second-order valence-corrected chi connectivity index (χ2v) is 7.28. The molecule has 3 aromatic rings.